The molecule has 2 aromatic carbocycles. The van der Waals surface area contributed by atoms with Crippen molar-refractivity contribution in [3.8, 4) is 5.75 Å². The Hall–Kier alpha value is -1.22. The van der Waals surface area contributed by atoms with E-state index in [9.17, 15) is 5.11 Å². The fourth-order valence-electron chi connectivity index (χ4n) is 2.48. The molecule has 1 N–H and O–H groups in total. The van der Waals surface area contributed by atoms with Crippen molar-refractivity contribution in [1.82, 2.24) is 0 Å². The minimum Gasteiger partial charge on any atom is -0.487 e. The third-order valence-corrected chi connectivity index (χ3v) is 4.14. The number of aliphatic hydroxyl groups is 1. The number of rotatable bonds is 3. The van der Waals surface area contributed by atoms with Crippen LogP contribution in [0.3, 0.4) is 0 Å². The highest BCUT2D eigenvalue weighted by molar-refractivity contribution is 6.33. The second-order valence-electron chi connectivity index (χ2n) is 4.98. The maximum atomic E-state index is 10.4. The molecule has 2 aromatic rings. The third-order valence-electron chi connectivity index (χ3n) is 3.54. The van der Waals surface area contributed by atoms with E-state index in [-0.39, 0.29) is 6.10 Å². The highest BCUT2D eigenvalue weighted by atomic mass is 35.5. The lowest BCUT2D eigenvalue weighted by molar-refractivity contribution is 0.0503. The lowest BCUT2D eigenvalue weighted by atomic mass is 10.0. The van der Waals surface area contributed by atoms with Crippen LogP contribution in [0.25, 0.3) is 0 Å². The minimum absolute atomic E-state index is 0.234. The molecule has 1 heterocycles. The Morgan fingerprint density at radius 3 is 2.80 bits per heavy atom. The van der Waals surface area contributed by atoms with E-state index >= 15 is 0 Å². The van der Waals surface area contributed by atoms with Crippen LogP contribution in [0.15, 0.2) is 42.5 Å². The van der Waals surface area contributed by atoms with Gasteiger partial charge >= 0.3 is 0 Å². The molecule has 0 radical (unpaired) electrons. The van der Waals surface area contributed by atoms with Crippen molar-refractivity contribution in [3.05, 3.63) is 63.6 Å². The standard InChI is InChI=1S/C16H14Cl2O2/c17-12-5-6-13(18)11(7-12)8-14(19)16-9-10-3-1-2-4-15(10)20-16/h1-7,14,16,19H,8-9H2. The maximum absolute atomic E-state index is 10.4. The van der Waals surface area contributed by atoms with Gasteiger partial charge in [0.1, 0.15) is 11.9 Å². The van der Waals surface area contributed by atoms with Crippen molar-refractivity contribution in [2.75, 3.05) is 0 Å². The lowest BCUT2D eigenvalue weighted by Crippen LogP contribution is -2.32. The largest absolute Gasteiger partial charge is 0.487 e. The summed E-state index contributed by atoms with van der Waals surface area (Å²) in [4.78, 5) is 0. The molecule has 104 valence electrons. The van der Waals surface area contributed by atoms with Crippen LogP contribution < -0.4 is 4.74 Å². The molecule has 0 spiro atoms. The van der Waals surface area contributed by atoms with Crippen molar-refractivity contribution < 1.29 is 9.84 Å². The van der Waals surface area contributed by atoms with Crippen molar-refractivity contribution in [3.63, 3.8) is 0 Å². The van der Waals surface area contributed by atoms with E-state index in [1.54, 1.807) is 18.2 Å². The molecule has 2 nitrogen and oxygen atoms in total. The van der Waals surface area contributed by atoms with Crippen LogP contribution in [0.1, 0.15) is 11.1 Å². The van der Waals surface area contributed by atoms with Gasteiger partial charge < -0.3 is 9.84 Å². The van der Waals surface area contributed by atoms with Gasteiger partial charge in [0.2, 0.25) is 0 Å². The van der Waals surface area contributed by atoms with E-state index in [1.807, 2.05) is 24.3 Å². The van der Waals surface area contributed by atoms with Gasteiger partial charge in [0, 0.05) is 22.9 Å². The zero-order valence-electron chi connectivity index (χ0n) is 10.7. The molecule has 0 fully saturated rings. The average molecular weight is 309 g/mol. The first-order valence-electron chi connectivity index (χ1n) is 6.50. The van der Waals surface area contributed by atoms with Gasteiger partial charge in [0.25, 0.3) is 0 Å². The topological polar surface area (TPSA) is 29.5 Å². The van der Waals surface area contributed by atoms with Crippen LogP contribution in [-0.4, -0.2) is 17.3 Å². The zero-order chi connectivity index (χ0) is 14.1. The summed E-state index contributed by atoms with van der Waals surface area (Å²) in [6.07, 6.45) is 0.300. The smallest absolute Gasteiger partial charge is 0.129 e. The summed E-state index contributed by atoms with van der Waals surface area (Å²) in [5.74, 6) is 0.855. The maximum Gasteiger partial charge on any atom is 0.129 e. The zero-order valence-corrected chi connectivity index (χ0v) is 12.2. The van der Waals surface area contributed by atoms with Gasteiger partial charge in [-0.15, -0.1) is 0 Å². The molecule has 3 rings (SSSR count). The number of aliphatic hydroxyl groups excluding tert-OH is 1. The Kier molecular flexibility index (Phi) is 3.88. The first kappa shape index (κ1) is 13.7. The van der Waals surface area contributed by atoms with Gasteiger partial charge in [0.15, 0.2) is 0 Å². The van der Waals surface area contributed by atoms with Crippen molar-refractivity contribution in [1.29, 1.82) is 0 Å². The molecule has 4 heteroatoms. The highest BCUT2D eigenvalue weighted by Gasteiger charge is 2.29. The summed E-state index contributed by atoms with van der Waals surface area (Å²) in [5.41, 5.74) is 1.97. The molecule has 0 amide bonds. The Balaban J connectivity index is 1.72. The molecule has 0 saturated heterocycles. The van der Waals surface area contributed by atoms with Crippen LogP contribution in [0.5, 0.6) is 5.75 Å². The molecule has 1 aliphatic rings. The van der Waals surface area contributed by atoms with Gasteiger partial charge in [0.05, 0.1) is 6.10 Å². The van der Waals surface area contributed by atoms with E-state index in [4.69, 9.17) is 27.9 Å². The summed E-state index contributed by atoms with van der Waals surface area (Å²) < 4.78 is 5.78. The third kappa shape index (κ3) is 2.78. The van der Waals surface area contributed by atoms with Gasteiger partial charge in [-0.3, -0.25) is 0 Å². The van der Waals surface area contributed by atoms with Crippen LogP contribution in [0, 0.1) is 0 Å². The average Bonchev–Trinajstić information content (AvgIpc) is 2.87. The molecule has 1 aliphatic heterocycles. The predicted octanol–water partition coefficient (Wildman–Crippen LogP) is 3.90. The molecular formula is C16H14Cl2O2. The summed E-state index contributed by atoms with van der Waals surface area (Å²) in [6.45, 7) is 0. The molecule has 0 aromatic heterocycles. The van der Waals surface area contributed by atoms with E-state index in [2.05, 4.69) is 0 Å². The Morgan fingerprint density at radius 2 is 2.00 bits per heavy atom. The number of ether oxygens (including phenoxy) is 1. The van der Waals surface area contributed by atoms with E-state index in [0.717, 1.165) is 23.3 Å². The number of fused-ring (bicyclic) bond motifs is 1. The molecule has 0 aliphatic carbocycles. The molecule has 0 saturated carbocycles. The number of hydrogen-bond donors (Lipinski definition) is 1. The number of benzene rings is 2. The molecular weight excluding hydrogens is 295 g/mol. The lowest BCUT2D eigenvalue weighted by Gasteiger charge is -2.18. The molecule has 2 unspecified atom stereocenters. The van der Waals surface area contributed by atoms with Gasteiger partial charge in [-0.1, -0.05) is 41.4 Å². The van der Waals surface area contributed by atoms with E-state index in [0.29, 0.717) is 16.5 Å². The quantitative estimate of drug-likeness (QED) is 0.932. The highest BCUT2D eigenvalue weighted by Crippen LogP contribution is 2.31. The summed E-state index contributed by atoms with van der Waals surface area (Å²) in [5, 5.41) is 11.6. The van der Waals surface area contributed by atoms with Gasteiger partial charge in [-0.25, -0.2) is 0 Å². The van der Waals surface area contributed by atoms with Crippen LogP contribution >= 0.6 is 23.2 Å². The van der Waals surface area contributed by atoms with Crippen molar-refractivity contribution >= 4 is 23.2 Å². The first-order valence-corrected chi connectivity index (χ1v) is 7.25. The van der Waals surface area contributed by atoms with Crippen LogP contribution in [-0.2, 0) is 12.8 Å². The van der Waals surface area contributed by atoms with Crippen molar-refractivity contribution in [2.24, 2.45) is 0 Å². The van der Waals surface area contributed by atoms with Crippen LogP contribution in [0.4, 0.5) is 0 Å². The Morgan fingerprint density at radius 1 is 1.20 bits per heavy atom. The summed E-state index contributed by atoms with van der Waals surface area (Å²) in [7, 11) is 0. The van der Waals surface area contributed by atoms with Crippen LogP contribution in [0.2, 0.25) is 10.0 Å². The second kappa shape index (κ2) is 5.65. The monoisotopic (exact) mass is 308 g/mol. The number of halogens is 2. The summed E-state index contributed by atoms with van der Waals surface area (Å²) >= 11 is 12.1. The van der Waals surface area contributed by atoms with Gasteiger partial charge in [-0.2, -0.15) is 0 Å². The fourth-order valence-corrected chi connectivity index (χ4v) is 2.87. The first-order chi connectivity index (χ1) is 9.63. The minimum atomic E-state index is -0.613. The fraction of sp³-hybridized carbons (Fsp3) is 0.250. The summed E-state index contributed by atoms with van der Waals surface area (Å²) in [6, 6.07) is 13.1. The number of para-hydroxylation sites is 1. The van der Waals surface area contributed by atoms with E-state index < -0.39 is 6.10 Å². The Labute approximate surface area is 127 Å². The molecule has 2 atom stereocenters. The molecule has 0 bridgehead atoms. The second-order valence-corrected chi connectivity index (χ2v) is 5.82. The normalized spacial score (nSPS) is 18.4. The molecule has 20 heavy (non-hydrogen) atoms. The predicted molar refractivity (Wildman–Crippen MR) is 80.7 cm³/mol. The SMILES string of the molecule is OC(Cc1cc(Cl)ccc1Cl)C1Cc2ccccc2O1. The number of hydrogen-bond acceptors (Lipinski definition) is 2. The van der Waals surface area contributed by atoms with Gasteiger partial charge in [-0.05, 0) is 35.4 Å². The Bertz CT molecular complexity index is 603. The van der Waals surface area contributed by atoms with E-state index in [1.165, 1.54) is 0 Å². The van der Waals surface area contributed by atoms with Crippen molar-refractivity contribution in [2.45, 2.75) is 25.0 Å².